The second-order valence-electron chi connectivity index (χ2n) is 5.54. The third-order valence-corrected chi connectivity index (χ3v) is 5.42. The van der Waals surface area contributed by atoms with Crippen molar-refractivity contribution >= 4 is 57.8 Å². The lowest BCUT2D eigenvalue weighted by molar-refractivity contribution is -0.115. The Hall–Kier alpha value is -2.35. The molecule has 9 heteroatoms. The number of aliphatic imine (C=N–C) groups is 1. The highest BCUT2D eigenvalue weighted by Gasteiger charge is 2.24. The van der Waals surface area contributed by atoms with Gasteiger partial charge in [-0.25, -0.2) is 4.99 Å². The highest BCUT2D eigenvalue weighted by molar-refractivity contribution is 8.18. The summed E-state index contributed by atoms with van der Waals surface area (Å²) in [6.07, 6.45) is 1.72. The Morgan fingerprint density at radius 3 is 2.25 bits per heavy atom. The van der Waals surface area contributed by atoms with Crippen LogP contribution in [0.1, 0.15) is 5.56 Å². The van der Waals surface area contributed by atoms with Gasteiger partial charge in [0.2, 0.25) is 5.75 Å². The van der Waals surface area contributed by atoms with Gasteiger partial charge in [-0.1, -0.05) is 23.2 Å². The van der Waals surface area contributed by atoms with E-state index in [1.165, 1.54) is 33.1 Å². The average Bonchev–Trinajstić information content (AvgIpc) is 3.02. The van der Waals surface area contributed by atoms with Crippen molar-refractivity contribution < 1.29 is 19.0 Å². The van der Waals surface area contributed by atoms with E-state index in [9.17, 15) is 4.79 Å². The van der Waals surface area contributed by atoms with E-state index in [4.69, 9.17) is 37.4 Å². The largest absolute Gasteiger partial charge is 0.493 e. The predicted molar refractivity (Wildman–Crippen MR) is 113 cm³/mol. The van der Waals surface area contributed by atoms with Crippen molar-refractivity contribution in [1.29, 1.82) is 0 Å². The highest BCUT2D eigenvalue weighted by Crippen LogP contribution is 2.39. The maximum Gasteiger partial charge on any atom is 0.264 e. The molecule has 1 fully saturated rings. The van der Waals surface area contributed by atoms with Crippen LogP contribution in [-0.4, -0.2) is 32.4 Å². The number of methoxy groups -OCH3 is 3. The molecule has 0 atom stereocenters. The van der Waals surface area contributed by atoms with E-state index in [-0.39, 0.29) is 5.91 Å². The first-order valence-corrected chi connectivity index (χ1v) is 9.57. The zero-order valence-corrected chi connectivity index (χ0v) is 17.5. The fourth-order valence-electron chi connectivity index (χ4n) is 2.49. The Labute approximate surface area is 176 Å². The number of nitrogens with zero attached hydrogens (tertiary/aromatic N) is 1. The molecule has 0 unspecified atom stereocenters. The van der Waals surface area contributed by atoms with Gasteiger partial charge < -0.3 is 19.5 Å². The van der Waals surface area contributed by atoms with E-state index >= 15 is 0 Å². The molecule has 3 rings (SSSR count). The van der Waals surface area contributed by atoms with Gasteiger partial charge in [0.25, 0.3) is 5.91 Å². The molecule has 0 aliphatic carbocycles. The van der Waals surface area contributed by atoms with Gasteiger partial charge in [-0.05, 0) is 53.7 Å². The van der Waals surface area contributed by atoms with Crippen molar-refractivity contribution in [1.82, 2.24) is 5.32 Å². The molecule has 1 heterocycles. The van der Waals surface area contributed by atoms with Crippen molar-refractivity contribution in [2.24, 2.45) is 4.99 Å². The van der Waals surface area contributed by atoms with Crippen molar-refractivity contribution in [2.45, 2.75) is 0 Å². The predicted octanol–water partition coefficient (Wildman–Crippen LogP) is 4.91. The van der Waals surface area contributed by atoms with E-state index in [0.29, 0.717) is 43.1 Å². The molecule has 146 valence electrons. The number of rotatable bonds is 5. The van der Waals surface area contributed by atoms with Crippen LogP contribution in [0.15, 0.2) is 40.2 Å². The topological polar surface area (TPSA) is 69.2 Å². The summed E-state index contributed by atoms with van der Waals surface area (Å²) >= 11 is 13.1. The van der Waals surface area contributed by atoms with E-state index in [1.807, 2.05) is 0 Å². The minimum absolute atomic E-state index is 0.252. The van der Waals surface area contributed by atoms with Gasteiger partial charge in [-0.3, -0.25) is 4.79 Å². The SMILES string of the molecule is COc1cc(/C=C2\SC(=Nc3ccc(Cl)c(Cl)c3)NC2=O)cc(OC)c1OC. The first-order valence-electron chi connectivity index (χ1n) is 7.99. The lowest BCUT2D eigenvalue weighted by atomic mass is 10.1. The van der Waals surface area contributed by atoms with E-state index in [2.05, 4.69) is 10.3 Å². The molecule has 1 aliphatic heterocycles. The van der Waals surface area contributed by atoms with Crippen LogP contribution in [0.5, 0.6) is 17.2 Å². The van der Waals surface area contributed by atoms with Crippen LogP contribution in [0.25, 0.3) is 6.08 Å². The summed E-state index contributed by atoms with van der Waals surface area (Å²) in [6, 6.07) is 8.52. The van der Waals surface area contributed by atoms with Crippen LogP contribution in [0.2, 0.25) is 10.0 Å². The van der Waals surface area contributed by atoms with Crippen LogP contribution in [0.3, 0.4) is 0 Å². The number of carbonyl (C=O) groups is 1. The van der Waals surface area contributed by atoms with Gasteiger partial charge in [0.1, 0.15) is 0 Å². The summed E-state index contributed by atoms with van der Waals surface area (Å²) in [5.41, 5.74) is 1.31. The standard InChI is InChI=1S/C19H16Cl2N2O4S/c1-25-14-6-10(7-15(26-2)17(14)27-3)8-16-18(24)23-19(28-16)22-11-4-5-12(20)13(21)9-11/h4-9H,1-3H3,(H,22,23,24)/b16-8-. The molecule has 1 N–H and O–H groups in total. The van der Waals surface area contributed by atoms with Crippen molar-refractivity contribution in [3.05, 3.63) is 50.8 Å². The molecular formula is C19H16Cl2N2O4S. The molecular weight excluding hydrogens is 423 g/mol. The minimum atomic E-state index is -0.252. The number of benzene rings is 2. The van der Waals surface area contributed by atoms with Gasteiger partial charge in [0, 0.05) is 0 Å². The second kappa shape index (κ2) is 8.77. The molecule has 0 saturated carbocycles. The molecule has 6 nitrogen and oxygen atoms in total. The molecule has 2 aromatic rings. The van der Waals surface area contributed by atoms with Gasteiger partial charge in [0.05, 0.1) is 42.0 Å². The summed E-state index contributed by atoms with van der Waals surface area (Å²) in [6.45, 7) is 0. The van der Waals surface area contributed by atoms with E-state index in [1.54, 1.807) is 36.4 Å². The number of hydrogen-bond acceptors (Lipinski definition) is 6. The number of amides is 1. The van der Waals surface area contributed by atoms with Gasteiger partial charge in [-0.2, -0.15) is 0 Å². The van der Waals surface area contributed by atoms with Crippen molar-refractivity contribution in [3.63, 3.8) is 0 Å². The fraction of sp³-hybridized carbons (Fsp3) is 0.158. The smallest absolute Gasteiger partial charge is 0.264 e. The summed E-state index contributed by atoms with van der Waals surface area (Å²) < 4.78 is 16.0. The maximum absolute atomic E-state index is 12.3. The number of nitrogens with one attached hydrogen (secondary N) is 1. The second-order valence-corrected chi connectivity index (χ2v) is 7.38. The minimum Gasteiger partial charge on any atom is -0.493 e. The summed E-state index contributed by atoms with van der Waals surface area (Å²) in [4.78, 5) is 17.2. The number of halogens is 2. The zero-order chi connectivity index (χ0) is 20.3. The number of carbonyl (C=O) groups excluding carboxylic acids is 1. The quantitative estimate of drug-likeness (QED) is 0.671. The van der Waals surface area contributed by atoms with Crippen molar-refractivity contribution in [2.75, 3.05) is 21.3 Å². The molecule has 28 heavy (non-hydrogen) atoms. The molecule has 1 aliphatic rings. The number of hydrogen-bond donors (Lipinski definition) is 1. The normalized spacial score (nSPS) is 16.4. The summed E-state index contributed by atoms with van der Waals surface area (Å²) in [7, 11) is 4.60. The summed E-state index contributed by atoms with van der Waals surface area (Å²) in [5, 5.41) is 4.01. The van der Waals surface area contributed by atoms with Crippen LogP contribution in [-0.2, 0) is 4.79 Å². The Morgan fingerprint density at radius 1 is 1.00 bits per heavy atom. The number of ether oxygens (including phenoxy) is 3. The number of thioether (sulfide) groups is 1. The van der Waals surface area contributed by atoms with E-state index < -0.39 is 0 Å². The van der Waals surface area contributed by atoms with Crippen molar-refractivity contribution in [3.8, 4) is 17.2 Å². The number of amidine groups is 1. The molecule has 1 saturated heterocycles. The first kappa shape index (κ1) is 20.4. The fourth-order valence-corrected chi connectivity index (χ4v) is 3.62. The zero-order valence-electron chi connectivity index (χ0n) is 15.2. The first-order chi connectivity index (χ1) is 13.4. The molecule has 1 amide bonds. The van der Waals surface area contributed by atoms with Crippen LogP contribution < -0.4 is 19.5 Å². The van der Waals surface area contributed by atoms with Gasteiger partial charge >= 0.3 is 0 Å². The molecule has 0 spiro atoms. The van der Waals surface area contributed by atoms with Gasteiger partial charge in [-0.15, -0.1) is 0 Å². The third-order valence-electron chi connectivity index (χ3n) is 3.77. The lowest BCUT2D eigenvalue weighted by Gasteiger charge is -2.12. The van der Waals surface area contributed by atoms with E-state index in [0.717, 1.165) is 5.56 Å². The molecule has 0 bridgehead atoms. The Balaban J connectivity index is 1.90. The maximum atomic E-state index is 12.3. The highest BCUT2D eigenvalue weighted by atomic mass is 35.5. The van der Waals surface area contributed by atoms with Crippen LogP contribution in [0.4, 0.5) is 5.69 Å². The van der Waals surface area contributed by atoms with Crippen LogP contribution >= 0.6 is 35.0 Å². The van der Waals surface area contributed by atoms with Crippen LogP contribution in [0, 0.1) is 0 Å². The summed E-state index contributed by atoms with van der Waals surface area (Å²) in [5.74, 6) is 1.23. The Bertz CT molecular complexity index is 967. The molecule has 0 aromatic heterocycles. The van der Waals surface area contributed by atoms with Gasteiger partial charge in [0.15, 0.2) is 16.7 Å². The Kier molecular flexibility index (Phi) is 6.39. The average molecular weight is 439 g/mol. The lowest BCUT2D eigenvalue weighted by Crippen LogP contribution is -2.19. The molecule has 2 aromatic carbocycles. The monoisotopic (exact) mass is 438 g/mol. The Morgan fingerprint density at radius 2 is 1.68 bits per heavy atom. The molecule has 0 radical (unpaired) electrons. The third kappa shape index (κ3) is 4.38.